The zero-order valence-corrected chi connectivity index (χ0v) is 27.7. The van der Waals surface area contributed by atoms with Crippen LogP contribution in [0.25, 0.3) is 0 Å². The number of hydrogen-bond acceptors (Lipinski definition) is 1. The van der Waals surface area contributed by atoms with Crippen LogP contribution in [0.4, 0.5) is 0 Å². The smallest absolute Gasteiger partial charge is 0.0651 e. The zero-order chi connectivity index (χ0) is 28.5. The first kappa shape index (κ1) is 33.3. The van der Waals surface area contributed by atoms with Gasteiger partial charge in [-0.3, -0.25) is 0 Å². The molecule has 4 aliphatic carbocycles. The van der Waals surface area contributed by atoms with Crippen LogP contribution in [0.15, 0.2) is 24.3 Å². The molecule has 0 unspecified atom stereocenters. The van der Waals surface area contributed by atoms with Gasteiger partial charge in [0, 0.05) is 0 Å². The van der Waals surface area contributed by atoms with Crippen LogP contribution >= 0.6 is 0 Å². The van der Waals surface area contributed by atoms with Crippen LogP contribution in [-0.2, 0) is 4.74 Å². The second-order valence-corrected chi connectivity index (χ2v) is 15.3. The maximum Gasteiger partial charge on any atom is 0.0651 e. The lowest BCUT2D eigenvalue weighted by Gasteiger charge is -2.38. The maximum absolute atomic E-state index is 5.98. The van der Waals surface area contributed by atoms with E-state index in [2.05, 4.69) is 38.2 Å². The van der Waals surface area contributed by atoms with Crippen LogP contribution in [0.5, 0.6) is 0 Å². The predicted octanol–water partition coefficient (Wildman–Crippen LogP) is 12.5. The van der Waals surface area contributed by atoms with Gasteiger partial charge in [-0.1, -0.05) is 128 Å². The Morgan fingerprint density at radius 1 is 0.488 bits per heavy atom. The Morgan fingerprint density at radius 2 is 0.927 bits per heavy atom. The highest BCUT2D eigenvalue weighted by Crippen LogP contribution is 2.44. The number of hydrogen-bond donors (Lipinski definition) is 0. The van der Waals surface area contributed by atoms with Crippen LogP contribution in [0, 0.1) is 47.3 Å². The van der Waals surface area contributed by atoms with E-state index in [4.69, 9.17) is 4.74 Å². The summed E-state index contributed by atoms with van der Waals surface area (Å²) in [5, 5.41) is 0. The van der Waals surface area contributed by atoms with E-state index in [1.54, 1.807) is 12.8 Å². The van der Waals surface area contributed by atoms with Crippen LogP contribution in [0.2, 0.25) is 0 Å². The molecule has 0 aromatic heterocycles. The third-order valence-electron chi connectivity index (χ3n) is 12.3. The molecule has 0 aromatic rings. The van der Waals surface area contributed by atoms with E-state index in [0.717, 1.165) is 60.6 Å². The molecule has 0 spiro atoms. The third kappa shape index (κ3) is 12.2. The summed E-state index contributed by atoms with van der Waals surface area (Å²) in [6.07, 6.45) is 45.1. The average Bonchev–Trinajstić information content (AvgIpc) is 3.02. The number of ether oxygens (including phenoxy) is 1. The fraction of sp³-hybridized carbons (Fsp3) is 0.900. The molecule has 1 nitrogen and oxygen atoms in total. The Bertz CT molecular complexity index is 646. The minimum Gasteiger partial charge on any atom is -0.373 e. The highest BCUT2D eigenvalue weighted by atomic mass is 16.5. The lowest BCUT2D eigenvalue weighted by Crippen LogP contribution is -2.26. The third-order valence-corrected chi connectivity index (χ3v) is 12.3. The largest absolute Gasteiger partial charge is 0.373 e. The van der Waals surface area contributed by atoms with Gasteiger partial charge in [0.25, 0.3) is 0 Å². The topological polar surface area (TPSA) is 9.23 Å². The Morgan fingerprint density at radius 3 is 1.34 bits per heavy atom. The fourth-order valence-electron chi connectivity index (χ4n) is 9.73. The van der Waals surface area contributed by atoms with Crippen molar-refractivity contribution in [3.05, 3.63) is 24.3 Å². The Kier molecular flexibility index (Phi) is 16.0. The summed E-state index contributed by atoms with van der Waals surface area (Å²) in [5.41, 5.74) is 0. The van der Waals surface area contributed by atoms with Gasteiger partial charge in [0.1, 0.15) is 0 Å². The molecule has 0 amide bonds. The molecule has 0 bridgehead atoms. The first-order valence-corrected chi connectivity index (χ1v) is 19.2. The Hall–Kier alpha value is -0.560. The fourth-order valence-corrected chi connectivity index (χ4v) is 9.73. The lowest BCUT2D eigenvalue weighted by molar-refractivity contribution is 0.142. The van der Waals surface area contributed by atoms with Crippen molar-refractivity contribution >= 4 is 0 Å². The minimum absolute atomic E-state index is 0.792. The van der Waals surface area contributed by atoms with Crippen LogP contribution in [0.3, 0.4) is 0 Å². The standard InChI is InChI=1S/C40H70O/c1-3-5-7-13-35-15-9-19-39(31-35)37-25-21-33(22-26-37)17-11-29-41-30-12-18-34-23-27-38(28-24-34)40-20-10-16-36(32-40)14-8-6-4-2/h11-12,17-18,33-40H,3-10,13-16,19-32H2,1-2H3/b17-11+,18-12+/t33?,34?,35-,36-,37?,38?,39-,40-/m1/s1. The Labute approximate surface area is 257 Å². The molecule has 1 heteroatoms. The highest BCUT2D eigenvalue weighted by Gasteiger charge is 2.32. The molecule has 0 N–H and O–H groups in total. The molecule has 0 aromatic carbocycles. The van der Waals surface area contributed by atoms with Gasteiger partial charge in [0.05, 0.1) is 13.2 Å². The van der Waals surface area contributed by atoms with Crippen LogP contribution in [-0.4, -0.2) is 13.2 Å². The van der Waals surface area contributed by atoms with E-state index in [1.165, 1.54) is 141 Å². The SMILES string of the molecule is CCCCC[C@@H]1CCC[C@@H](C2CCC(/C=C/COC/C=C/C3CCC([C@@H]4CCC[C@@H](CCCCC)C4)CC3)CC2)C1. The van der Waals surface area contributed by atoms with Crippen molar-refractivity contribution in [2.75, 3.05) is 13.2 Å². The monoisotopic (exact) mass is 567 g/mol. The molecular weight excluding hydrogens is 496 g/mol. The summed E-state index contributed by atoms with van der Waals surface area (Å²) < 4.78 is 5.98. The summed E-state index contributed by atoms with van der Waals surface area (Å²) in [6, 6.07) is 0. The minimum atomic E-state index is 0.792. The summed E-state index contributed by atoms with van der Waals surface area (Å²) in [7, 11) is 0. The number of rotatable bonds is 16. The van der Waals surface area contributed by atoms with Crippen LogP contribution < -0.4 is 0 Å². The van der Waals surface area contributed by atoms with Crippen molar-refractivity contribution in [2.24, 2.45) is 47.3 Å². The first-order valence-electron chi connectivity index (χ1n) is 19.2. The van der Waals surface area contributed by atoms with Gasteiger partial charge in [-0.15, -0.1) is 0 Å². The van der Waals surface area contributed by atoms with Gasteiger partial charge in [-0.05, 0) is 112 Å². The van der Waals surface area contributed by atoms with E-state index in [9.17, 15) is 0 Å². The van der Waals surface area contributed by atoms with Crippen molar-refractivity contribution in [3.8, 4) is 0 Å². The summed E-state index contributed by atoms with van der Waals surface area (Å²) in [4.78, 5) is 0. The molecule has 4 atom stereocenters. The maximum atomic E-state index is 5.98. The molecule has 0 aliphatic heterocycles. The first-order chi connectivity index (χ1) is 20.2. The van der Waals surface area contributed by atoms with Crippen molar-refractivity contribution in [1.82, 2.24) is 0 Å². The van der Waals surface area contributed by atoms with Gasteiger partial charge in [0.2, 0.25) is 0 Å². The molecule has 4 fully saturated rings. The molecule has 4 rings (SSSR count). The summed E-state index contributed by atoms with van der Waals surface area (Å²) >= 11 is 0. The highest BCUT2D eigenvalue weighted by molar-refractivity contribution is 4.95. The molecular formula is C40H70O. The van der Waals surface area contributed by atoms with Crippen molar-refractivity contribution in [2.45, 2.75) is 168 Å². The van der Waals surface area contributed by atoms with E-state index >= 15 is 0 Å². The summed E-state index contributed by atoms with van der Waals surface area (Å²) in [5.74, 6) is 7.86. The summed E-state index contributed by atoms with van der Waals surface area (Å²) in [6.45, 7) is 6.26. The van der Waals surface area contributed by atoms with Crippen molar-refractivity contribution in [3.63, 3.8) is 0 Å². The predicted molar refractivity (Wildman–Crippen MR) is 179 cm³/mol. The second-order valence-electron chi connectivity index (χ2n) is 15.3. The van der Waals surface area contributed by atoms with Gasteiger partial charge >= 0.3 is 0 Å². The lowest BCUT2D eigenvalue weighted by atomic mass is 9.68. The molecule has 0 radical (unpaired) electrons. The zero-order valence-electron chi connectivity index (χ0n) is 27.7. The van der Waals surface area contributed by atoms with Gasteiger partial charge in [0.15, 0.2) is 0 Å². The van der Waals surface area contributed by atoms with E-state index in [0.29, 0.717) is 0 Å². The molecule has 4 aliphatic rings. The van der Waals surface area contributed by atoms with Crippen molar-refractivity contribution in [1.29, 1.82) is 0 Å². The molecule has 0 heterocycles. The average molecular weight is 567 g/mol. The number of allylic oxidation sites excluding steroid dienone is 2. The van der Waals surface area contributed by atoms with E-state index < -0.39 is 0 Å². The van der Waals surface area contributed by atoms with Crippen molar-refractivity contribution < 1.29 is 4.74 Å². The van der Waals surface area contributed by atoms with E-state index in [-0.39, 0.29) is 0 Å². The second kappa shape index (κ2) is 19.7. The van der Waals surface area contributed by atoms with E-state index in [1.807, 2.05) is 0 Å². The normalized spacial score (nSPS) is 35.4. The van der Waals surface area contributed by atoms with Gasteiger partial charge < -0.3 is 4.74 Å². The molecule has 236 valence electrons. The Balaban J connectivity index is 1.02. The quantitative estimate of drug-likeness (QED) is 0.133. The van der Waals surface area contributed by atoms with Gasteiger partial charge in [-0.25, -0.2) is 0 Å². The van der Waals surface area contributed by atoms with Gasteiger partial charge in [-0.2, -0.15) is 0 Å². The molecule has 41 heavy (non-hydrogen) atoms. The molecule has 4 saturated carbocycles. The molecule has 0 saturated heterocycles. The van der Waals surface area contributed by atoms with Crippen LogP contribution in [0.1, 0.15) is 168 Å². The number of unbranched alkanes of at least 4 members (excludes halogenated alkanes) is 4.